The van der Waals surface area contributed by atoms with Crippen LogP contribution in [0.3, 0.4) is 0 Å². The molecule has 1 fully saturated rings. The van der Waals surface area contributed by atoms with Gasteiger partial charge >= 0.3 is 0 Å². The first-order valence-corrected chi connectivity index (χ1v) is 6.26. The van der Waals surface area contributed by atoms with E-state index in [0.29, 0.717) is 19.4 Å². The first-order chi connectivity index (χ1) is 8.63. The number of hydrogen-bond donors (Lipinski definition) is 1. The fraction of sp³-hybridized carbons (Fsp3) is 0.429. The van der Waals surface area contributed by atoms with Gasteiger partial charge < -0.3 is 5.11 Å². The monoisotopic (exact) mass is 247 g/mol. The third-order valence-electron chi connectivity index (χ3n) is 3.23. The smallest absolute Gasteiger partial charge is 0.236 e. The molecule has 0 bridgehead atoms. The zero-order valence-corrected chi connectivity index (χ0v) is 10.4. The fourth-order valence-electron chi connectivity index (χ4n) is 2.35. The minimum absolute atomic E-state index is 0.0850. The second kappa shape index (κ2) is 5.21. The molecule has 2 amide bonds. The van der Waals surface area contributed by atoms with Gasteiger partial charge in [-0.1, -0.05) is 19.1 Å². The Morgan fingerprint density at radius 3 is 2.83 bits per heavy atom. The van der Waals surface area contributed by atoms with Crippen molar-refractivity contribution >= 4 is 11.8 Å². The van der Waals surface area contributed by atoms with Crippen molar-refractivity contribution in [3.63, 3.8) is 0 Å². The van der Waals surface area contributed by atoms with Gasteiger partial charge in [-0.2, -0.15) is 0 Å². The predicted molar refractivity (Wildman–Crippen MR) is 67.1 cm³/mol. The summed E-state index contributed by atoms with van der Waals surface area (Å²) in [6.45, 7) is 2.42. The van der Waals surface area contributed by atoms with Crippen molar-refractivity contribution in [3.8, 4) is 5.75 Å². The highest BCUT2D eigenvalue weighted by atomic mass is 16.3. The minimum Gasteiger partial charge on any atom is -0.508 e. The van der Waals surface area contributed by atoms with Gasteiger partial charge in [0.1, 0.15) is 5.75 Å². The molecular formula is C14H17NO3. The van der Waals surface area contributed by atoms with Crippen LogP contribution in [0.5, 0.6) is 5.75 Å². The van der Waals surface area contributed by atoms with Crippen molar-refractivity contribution in [2.24, 2.45) is 0 Å². The molecule has 1 N–H and O–H groups in total. The molecule has 0 aliphatic carbocycles. The lowest BCUT2D eigenvalue weighted by molar-refractivity contribution is -0.149. The molecule has 0 spiro atoms. The lowest BCUT2D eigenvalue weighted by atomic mass is 9.89. The molecule has 1 atom stereocenters. The van der Waals surface area contributed by atoms with Crippen LogP contribution in [-0.2, 0) is 9.59 Å². The van der Waals surface area contributed by atoms with Crippen molar-refractivity contribution in [1.29, 1.82) is 0 Å². The number of imide groups is 1. The van der Waals surface area contributed by atoms with Gasteiger partial charge in [0.2, 0.25) is 11.8 Å². The van der Waals surface area contributed by atoms with Gasteiger partial charge in [-0.15, -0.1) is 0 Å². The number of likely N-dealkylation sites (tertiary alicyclic amines) is 1. The highest BCUT2D eigenvalue weighted by Gasteiger charge is 2.34. The summed E-state index contributed by atoms with van der Waals surface area (Å²) in [6.07, 6.45) is 1.69. The lowest BCUT2D eigenvalue weighted by Gasteiger charge is -2.30. The molecule has 0 saturated carbocycles. The lowest BCUT2D eigenvalue weighted by Crippen LogP contribution is -2.44. The number of benzene rings is 1. The molecule has 1 aromatic carbocycles. The molecule has 0 aromatic heterocycles. The number of piperidine rings is 1. The Balaban J connectivity index is 2.24. The molecule has 0 radical (unpaired) electrons. The van der Waals surface area contributed by atoms with Crippen LogP contribution in [0.25, 0.3) is 0 Å². The zero-order chi connectivity index (χ0) is 13.1. The molecule has 1 unspecified atom stereocenters. The molecule has 96 valence electrons. The quantitative estimate of drug-likeness (QED) is 0.831. The molecule has 1 aliphatic heterocycles. The van der Waals surface area contributed by atoms with E-state index in [9.17, 15) is 14.7 Å². The second-order valence-corrected chi connectivity index (χ2v) is 4.57. The first kappa shape index (κ1) is 12.6. The Morgan fingerprint density at radius 1 is 1.39 bits per heavy atom. The van der Waals surface area contributed by atoms with Crippen LogP contribution in [0.2, 0.25) is 0 Å². The Hall–Kier alpha value is -1.84. The van der Waals surface area contributed by atoms with E-state index in [4.69, 9.17) is 0 Å². The molecule has 1 aliphatic rings. The molecule has 4 nitrogen and oxygen atoms in total. The average Bonchev–Trinajstić information content (AvgIpc) is 2.34. The van der Waals surface area contributed by atoms with Gasteiger partial charge in [-0.3, -0.25) is 14.5 Å². The van der Waals surface area contributed by atoms with Crippen molar-refractivity contribution in [3.05, 3.63) is 29.8 Å². The van der Waals surface area contributed by atoms with E-state index in [1.54, 1.807) is 18.2 Å². The number of phenols is 1. The summed E-state index contributed by atoms with van der Waals surface area (Å²) < 4.78 is 0. The summed E-state index contributed by atoms with van der Waals surface area (Å²) in [4.78, 5) is 25.3. The number of hydrogen-bond acceptors (Lipinski definition) is 3. The first-order valence-electron chi connectivity index (χ1n) is 6.26. The maximum Gasteiger partial charge on any atom is 0.236 e. The van der Waals surface area contributed by atoms with Gasteiger partial charge in [0.05, 0.1) is 5.92 Å². The van der Waals surface area contributed by atoms with E-state index in [1.165, 1.54) is 4.90 Å². The molecule has 18 heavy (non-hydrogen) atoms. The number of amides is 2. The fourth-order valence-corrected chi connectivity index (χ4v) is 2.35. The van der Waals surface area contributed by atoms with E-state index >= 15 is 0 Å². The van der Waals surface area contributed by atoms with Gasteiger partial charge in [0.25, 0.3) is 0 Å². The predicted octanol–water partition coefficient (Wildman–Crippen LogP) is 2.03. The summed E-state index contributed by atoms with van der Waals surface area (Å²) in [6, 6.07) is 6.72. The number of carbonyl (C=O) groups is 2. The van der Waals surface area contributed by atoms with Crippen LogP contribution in [0.15, 0.2) is 24.3 Å². The SMILES string of the molecule is CCCN1C(=O)CCC(c2cccc(O)c2)C1=O. The number of carbonyl (C=O) groups excluding carboxylic acids is 2. The summed E-state index contributed by atoms with van der Waals surface area (Å²) >= 11 is 0. The Labute approximate surface area is 106 Å². The van der Waals surface area contributed by atoms with Crippen LogP contribution in [0.4, 0.5) is 0 Å². The largest absolute Gasteiger partial charge is 0.508 e. The van der Waals surface area contributed by atoms with E-state index in [2.05, 4.69) is 0 Å². The number of nitrogens with zero attached hydrogens (tertiary/aromatic N) is 1. The van der Waals surface area contributed by atoms with Gasteiger partial charge in [0, 0.05) is 13.0 Å². The normalized spacial score (nSPS) is 20.3. The van der Waals surface area contributed by atoms with Crippen molar-refractivity contribution in [2.75, 3.05) is 6.54 Å². The molecule has 1 saturated heterocycles. The maximum absolute atomic E-state index is 12.3. The molecule has 2 rings (SSSR count). The van der Waals surface area contributed by atoms with Crippen LogP contribution in [0, 0.1) is 0 Å². The average molecular weight is 247 g/mol. The van der Waals surface area contributed by atoms with Crippen molar-refractivity contribution < 1.29 is 14.7 Å². The summed E-state index contributed by atoms with van der Waals surface area (Å²) in [5.41, 5.74) is 0.786. The van der Waals surface area contributed by atoms with Crippen LogP contribution in [-0.4, -0.2) is 28.4 Å². The van der Waals surface area contributed by atoms with Crippen LogP contribution in [0.1, 0.15) is 37.7 Å². The van der Waals surface area contributed by atoms with Gasteiger partial charge in [-0.05, 0) is 30.5 Å². The van der Waals surface area contributed by atoms with Gasteiger partial charge in [-0.25, -0.2) is 0 Å². The number of rotatable bonds is 3. The standard InChI is InChI=1S/C14H17NO3/c1-2-8-15-13(17)7-6-12(14(15)18)10-4-3-5-11(16)9-10/h3-5,9,12,16H,2,6-8H2,1H3. The summed E-state index contributed by atoms with van der Waals surface area (Å²) in [5.74, 6) is -0.377. The zero-order valence-electron chi connectivity index (χ0n) is 10.4. The Kier molecular flexibility index (Phi) is 3.65. The number of aromatic hydroxyl groups is 1. The molecule has 4 heteroatoms. The summed E-state index contributed by atoms with van der Waals surface area (Å²) in [7, 11) is 0. The van der Waals surface area contributed by atoms with Crippen molar-refractivity contribution in [1.82, 2.24) is 4.90 Å². The minimum atomic E-state index is -0.304. The van der Waals surface area contributed by atoms with Crippen LogP contribution < -0.4 is 0 Å². The van der Waals surface area contributed by atoms with Crippen LogP contribution >= 0.6 is 0 Å². The van der Waals surface area contributed by atoms with E-state index in [0.717, 1.165) is 12.0 Å². The van der Waals surface area contributed by atoms with E-state index < -0.39 is 0 Å². The third kappa shape index (κ3) is 2.37. The maximum atomic E-state index is 12.3. The van der Waals surface area contributed by atoms with E-state index in [-0.39, 0.29) is 23.5 Å². The van der Waals surface area contributed by atoms with E-state index in [1.807, 2.05) is 13.0 Å². The van der Waals surface area contributed by atoms with Crippen molar-refractivity contribution in [2.45, 2.75) is 32.1 Å². The molecule has 1 aromatic rings. The highest BCUT2D eigenvalue weighted by Crippen LogP contribution is 2.30. The Morgan fingerprint density at radius 2 is 2.17 bits per heavy atom. The summed E-state index contributed by atoms with van der Waals surface area (Å²) in [5, 5.41) is 9.46. The second-order valence-electron chi connectivity index (χ2n) is 4.57. The molecular weight excluding hydrogens is 230 g/mol. The third-order valence-corrected chi connectivity index (χ3v) is 3.23. The van der Waals surface area contributed by atoms with Gasteiger partial charge in [0.15, 0.2) is 0 Å². The highest BCUT2D eigenvalue weighted by molar-refractivity contribution is 6.01. The number of phenolic OH excluding ortho intramolecular Hbond substituents is 1. The molecule has 1 heterocycles. The topological polar surface area (TPSA) is 57.6 Å². The Bertz CT molecular complexity index is 470.